The Bertz CT molecular complexity index is 441. The summed E-state index contributed by atoms with van der Waals surface area (Å²) in [6.07, 6.45) is 2.42. The molecular formula is C11H18N4O3. The highest BCUT2D eigenvalue weighted by Gasteiger charge is 2.13. The van der Waals surface area contributed by atoms with Crippen molar-refractivity contribution < 1.29 is 14.7 Å². The lowest BCUT2D eigenvalue weighted by atomic mass is 10.2. The second-order valence-electron chi connectivity index (χ2n) is 4.09. The van der Waals surface area contributed by atoms with Gasteiger partial charge in [0.15, 0.2) is 0 Å². The van der Waals surface area contributed by atoms with Crippen molar-refractivity contribution in [3.63, 3.8) is 0 Å². The Morgan fingerprint density at radius 3 is 2.78 bits per heavy atom. The Balaban J connectivity index is 2.51. The molecule has 0 spiro atoms. The normalized spacial score (nSPS) is 11.9. The molecule has 0 saturated carbocycles. The smallest absolute Gasteiger partial charge is 0.319 e. The van der Waals surface area contributed by atoms with Crippen molar-refractivity contribution in [1.29, 1.82) is 0 Å². The number of aliphatic carboxylic acids is 1. The van der Waals surface area contributed by atoms with Gasteiger partial charge in [-0.2, -0.15) is 5.10 Å². The number of urea groups is 1. The van der Waals surface area contributed by atoms with E-state index in [0.717, 1.165) is 5.69 Å². The third kappa shape index (κ3) is 3.76. The molecule has 0 radical (unpaired) electrons. The Hall–Kier alpha value is -2.05. The first kappa shape index (κ1) is 14.0. The highest BCUT2D eigenvalue weighted by atomic mass is 16.4. The molecule has 3 N–H and O–H groups in total. The summed E-state index contributed by atoms with van der Waals surface area (Å²) in [5.74, 6) is -1.55. The third-order valence-corrected chi connectivity index (χ3v) is 2.48. The second kappa shape index (κ2) is 6.04. The van der Waals surface area contributed by atoms with Crippen LogP contribution in [0, 0.1) is 5.92 Å². The van der Waals surface area contributed by atoms with E-state index in [4.69, 9.17) is 5.11 Å². The minimum absolute atomic E-state index is 0.0862. The summed E-state index contributed by atoms with van der Waals surface area (Å²) in [5, 5.41) is 18.0. The number of hydrogen-bond donors (Lipinski definition) is 3. The summed E-state index contributed by atoms with van der Waals surface area (Å²) < 4.78 is 1.62. The molecule has 0 saturated heterocycles. The quantitative estimate of drug-likeness (QED) is 0.725. The number of rotatable bonds is 5. The van der Waals surface area contributed by atoms with Crippen LogP contribution in [0.15, 0.2) is 6.20 Å². The Kier molecular flexibility index (Phi) is 4.70. The molecule has 1 aromatic rings. The Morgan fingerprint density at radius 2 is 2.22 bits per heavy atom. The van der Waals surface area contributed by atoms with Crippen LogP contribution >= 0.6 is 0 Å². The molecule has 1 heterocycles. The maximum Gasteiger partial charge on any atom is 0.319 e. The zero-order chi connectivity index (χ0) is 13.7. The van der Waals surface area contributed by atoms with Gasteiger partial charge in [0, 0.05) is 19.8 Å². The van der Waals surface area contributed by atoms with Crippen LogP contribution in [0.2, 0.25) is 0 Å². The molecular weight excluding hydrogens is 236 g/mol. The number of carboxylic acid groups (broad SMARTS) is 1. The molecule has 1 rings (SSSR count). The van der Waals surface area contributed by atoms with Crippen LogP contribution < -0.4 is 10.6 Å². The van der Waals surface area contributed by atoms with Crippen molar-refractivity contribution in [3.8, 4) is 0 Å². The van der Waals surface area contributed by atoms with Crippen LogP contribution in [0.1, 0.15) is 19.5 Å². The van der Waals surface area contributed by atoms with E-state index >= 15 is 0 Å². The lowest BCUT2D eigenvalue weighted by Gasteiger charge is -2.09. The van der Waals surface area contributed by atoms with Crippen molar-refractivity contribution in [3.05, 3.63) is 11.9 Å². The van der Waals surface area contributed by atoms with Crippen LogP contribution in [-0.2, 0) is 18.3 Å². The fourth-order valence-electron chi connectivity index (χ4n) is 1.40. The number of carbonyl (C=O) groups excluding carboxylic acids is 1. The topological polar surface area (TPSA) is 96.3 Å². The van der Waals surface area contributed by atoms with Crippen molar-refractivity contribution in [2.75, 3.05) is 11.9 Å². The Labute approximate surface area is 105 Å². The van der Waals surface area contributed by atoms with Gasteiger partial charge in [-0.15, -0.1) is 0 Å². The lowest BCUT2D eigenvalue weighted by Crippen LogP contribution is -2.34. The first-order valence-electron chi connectivity index (χ1n) is 5.74. The first-order valence-corrected chi connectivity index (χ1v) is 5.74. The van der Waals surface area contributed by atoms with E-state index in [1.54, 1.807) is 17.9 Å². The summed E-state index contributed by atoms with van der Waals surface area (Å²) in [4.78, 5) is 22.2. The molecule has 0 aliphatic rings. The molecule has 0 aromatic carbocycles. The van der Waals surface area contributed by atoms with Crippen LogP contribution in [-0.4, -0.2) is 33.4 Å². The molecule has 1 unspecified atom stereocenters. The maximum absolute atomic E-state index is 11.6. The van der Waals surface area contributed by atoms with E-state index in [0.29, 0.717) is 12.1 Å². The van der Waals surface area contributed by atoms with Crippen molar-refractivity contribution >= 4 is 17.7 Å². The number of nitrogens with one attached hydrogen (secondary N) is 2. The monoisotopic (exact) mass is 254 g/mol. The number of aryl methyl sites for hydroxylation is 2. The summed E-state index contributed by atoms with van der Waals surface area (Å²) in [6, 6.07) is -0.425. The van der Waals surface area contributed by atoms with E-state index in [1.807, 2.05) is 6.92 Å². The number of carbonyl (C=O) groups is 2. The van der Waals surface area contributed by atoms with E-state index in [-0.39, 0.29) is 6.54 Å². The van der Waals surface area contributed by atoms with Gasteiger partial charge in [-0.1, -0.05) is 13.8 Å². The van der Waals surface area contributed by atoms with Gasteiger partial charge in [-0.25, -0.2) is 4.79 Å². The van der Waals surface area contributed by atoms with E-state index in [2.05, 4.69) is 15.7 Å². The first-order chi connectivity index (χ1) is 8.43. The van der Waals surface area contributed by atoms with Gasteiger partial charge < -0.3 is 15.7 Å². The van der Waals surface area contributed by atoms with Gasteiger partial charge >= 0.3 is 12.0 Å². The highest BCUT2D eigenvalue weighted by molar-refractivity contribution is 5.90. The maximum atomic E-state index is 11.6. The fraction of sp³-hybridized carbons (Fsp3) is 0.545. The van der Waals surface area contributed by atoms with Gasteiger partial charge in [0.2, 0.25) is 0 Å². The number of hydrogen-bond acceptors (Lipinski definition) is 3. The van der Waals surface area contributed by atoms with E-state index < -0.39 is 17.9 Å². The van der Waals surface area contributed by atoms with Gasteiger partial charge in [0.25, 0.3) is 0 Å². The number of anilines is 1. The molecule has 0 aliphatic carbocycles. The number of aromatic nitrogens is 2. The van der Waals surface area contributed by atoms with Gasteiger partial charge in [0.05, 0.1) is 17.3 Å². The summed E-state index contributed by atoms with van der Waals surface area (Å²) in [7, 11) is 1.77. The largest absolute Gasteiger partial charge is 0.481 e. The number of nitrogens with zero attached hydrogens (tertiary/aromatic N) is 2. The zero-order valence-corrected chi connectivity index (χ0v) is 10.7. The van der Waals surface area contributed by atoms with E-state index in [9.17, 15) is 9.59 Å². The lowest BCUT2D eigenvalue weighted by molar-refractivity contribution is -0.140. The van der Waals surface area contributed by atoms with Gasteiger partial charge in [-0.05, 0) is 6.42 Å². The van der Waals surface area contributed by atoms with Crippen molar-refractivity contribution in [2.24, 2.45) is 13.0 Å². The SMILES string of the molecule is CCc1nn(C)cc1NC(=O)NCC(C)C(=O)O. The molecule has 18 heavy (non-hydrogen) atoms. The summed E-state index contributed by atoms with van der Waals surface area (Å²) in [5.41, 5.74) is 1.43. The molecule has 0 bridgehead atoms. The second-order valence-corrected chi connectivity index (χ2v) is 4.09. The van der Waals surface area contributed by atoms with Gasteiger partial charge in [0.1, 0.15) is 0 Å². The fourth-order valence-corrected chi connectivity index (χ4v) is 1.40. The predicted octanol–water partition coefficient (Wildman–Crippen LogP) is 0.825. The third-order valence-electron chi connectivity index (χ3n) is 2.48. The molecule has 7 heteroatoms. The molecule has 1 atom stereocenters. The van der Waals surface area contributed by atoms with Crippen LogP contribution in [0.4, 0.5) is 10.5 Å². The molecule has 100 valence electrons. The molecule has 1 aromatic heterocycles. The van der Waals surface area contributed by atoms with Gasteiger partial charge in [-0.3, -0.25) is 9.48 Å². The van der Waals surface area contributed by atoms with Crippen molar-refractivity contribution in [1.82, 2.24) is 15.1 Å². The molecule has 0 fully saturated rings. The standard InChI is InChI=1S/C11H18N4O3/c1-4-8-9(6-15(3)14-8)13-11(18)12-5-7(2)10(16)17/h6-7H,4-5H2,1-3H3,(H,16,17)(H2,12,13,18). The summed E-state index contributed by atoms with van der Waals surface area (Å²) >= 11 is 0. The zero-order valence-electron chi connectivity index (χ0n) is 10.7. The average molecular weight is 254 g/mol. The minimum atomic E-state index is -0.939. The average Bonchev–Trinajstić information content (AvgIpc) is 2.66. The van der Waals surface area contributed by atoms with Crippen molar-refractivity contribution in [2.45, 2.75) is 20.3 Å². The molecule has 2 amide bonds. The minimum Gasteiger partial charge on any atom is -0.481 e. The molecule has 0 aliphatic heterocycles. The van der Waals surface area contributed by atoms with Crippen LogP contribution in [0.25, 0.3) is 0 Å². The van der Waals surface area contributed by atoms with E-state index in [1.165, 1.54) is 6.92 Å². The highest BCUT2D eigenvalue weighted by Crippen LogP contribution is 2.13. The van der Waals surface area contributed by atoms with Crippen LogP contribution in [0.5, 0.6) is 0 Å². The Morgan fingerprint density at radius 1 is 1.56 bits per heavy atom. The number of amides is 2. The van der Waals surface area contributed by atoms with Crippen LogP contribution in [0.3, 0.4) is 0 Å². The number of carboxylic acids is 1. The molecule has 7 nitrogen and oxygen atoms in total. The summed E-state index contributed by atoms with van der Waals surface area (Å²) in [6.45, 7) is 3.56. The predicted molar refractivity (Wildman–Crippen MR) is 66.4 cm³/mol.